The number of hydrogen-bond donors (Lipinski definition) is 1. The Hall–Kier alpha value is -0.610. The summed E-state index contributed by atoms with van der Waals surface area (Å²) in [5.41, 5.74) is -0.142. The Morgan fingerprint density at radius 3 is 2.82 bits per heavy atom. The van der Waals surface area contributed by atoms with Crippen LogP contribution in [0.5, 0.6) is 0 Å². The Balaban J connectivity index is 2.52. The van der Waals surface area contributed by atoms with Crippen LogP contribution in [0.2, 0.25) is 0 Å². The molecule has 0 aromatic rings. The van der Waals surface area contributed by atoms with Crippen molar-refractivity contribution in [2.45, 2.75) is 32.6 Å². The minimum Gasteiger partial charge on any atom is -0.385 e. The number of nitrogens with zero attached hydrogens (tertiary/aromatic N) is 1. The summed E-state index contributed by atoms with van der Waals surface area (Å²) in [5.74, 6) is 0.306. The zero-order chi connectivity index (χ0) is 12.7. The van der Waals surface area contributed by atoms with Crippen molar-refractivity contribution in [3.05, 3.63) is 0 Å². The largest absolute Gasteiger partial charge is 0.385 e. The Labute approximate surface area is 105 Å². The lowest BCUT2D eigenvalue weighted by atomic mass is 9.81. The predicted molar refractivity (Wildman–Crippen MR) is 69.0 cm³/mol. The summed E-state index contributed by atoms with van der Waals surface area (Å²) < 4.78 is 5.02. The molecule has 1 saturated heterocycles. The van der Waals surface area contributed by atoms with Crippen LogP contribution in [0.3, 0.4) is 0 Å². The molecule has 1 amide bonds. The van der Waals surface area contributed by atoms with Crippen molar-refractivity contribution in [3.8, 4) is 0 Å². The molecule has 1 aliphatic heterocycles. The molecule has 1 fully saturated rings. The van der Waals surface area contributed by atoms with Gasteiger partial charge in [-0.3, -0.25) is 4.79 Å². The summed E-state index contributed by atoms with van der Waals surface area (Å²) in [5, 5.41) is 3.33. The Morgan fingerprint density at radius 2 is 2.29 bits per heavy atom. The highest BCUT2D eigenvalue weighted by atomic mass is 16.5. The molecule has 17 heavy (non-hydrogen) atoms. The molecule has 1 rings (SSSR count). The van der Waals surface area contributed by atoms with Gasteiger partial charge >= 0.3 is 0 Å². The number of nitrogens with one attached hydrogen (secondary N) is 1. The molecule has 0 aromatic heterocycles. The van der Waals surface area contributed by atoms with Crippen LogP contribution in [0.4, 0.5) is 0 Å². The number of hydrogen-bond acceptors (Lipinski definition) is 3. The van der Waals surface area contributed by atoms with Crippen LogP contribution in [0.25, 0.3) is 0 Å². The van der Waals surface area contributed by atoms with Crippen molar-refractivity contribution in [1.82, 2.24) is 10.2 Å². The van der Waals surface area contributed by atoms with Crippen LogP contribution in [0, 0.1) is 5.41 Å². The molecular formula is C13H26N2O2. The monoisotopic (exact) mass is 242 g/mol. The maximum absolute atomic E-state index is 12.5. The van der Waals surface area contributed by atoms with Gasteiger partial charge in [-0.2, -0.15) is 0 Å². The van der Waals surface area contributed by atoms with Gasteiger partial charge in [0.1, 0.15) is 0 Å². The minimum atomic E-state index is -0.142. The maximum Gasteiger partial charge on any atom is 0.229 e. The third kappa shape index (κ3) is 3.68. The van der Waals surface area contributed by atoms with Crippen LogP contribution in [0.15, 0.2) is 0 Å². The Morgan fingerprint density at radius 1 is 1.53 bits per heavy atom. The van der Waals surface area contributed by atoms with Crippen LogP contribution in [-0.4, -0.2) is 51.2 Å². The molecule has 1 heterocycles. The number of carbonyl (C=O) groups is 1. The van der Waals surface area contributed by atoms with Crippen molar-refractivity contribution >= 4 is 5.91 Å². The first-order valence-electron chi connectivity index (χ1n) is 6.61. The normalized spacial score (nSPS) is 23.9. The Bertz CT molecular complexity index is 238. The fourth-order valence-electron chi connectivity index (χ4n) is 2.68. The highest BCUT2D eigenvalue weighted by Crippen LogP contribution is 2.33. The smallest absolute Gasteiger partial charge is 0.229 e. The minimum absolute atomic E-state index is 0.142. The van der Waals surface area contributed by atoms with E-state index in [1.54, 1.807) is 7.11 Å². The summed E-state index contributed by atoms with van der Waals surface area (Å²) >= 11 is 0. The van der Waals surface area contributed by atoms with Crippen molar-refractivity contribution in [2.24, 2.45) is 5.41 Å². The first-order chi connectivity index (χ1) is 8.16. The molecule has 1 atom stereocenters. The number of methoxy groups -OCH3 is 1. The zero-order valence-electron chi connectivity index (χ0n) is 11.4. The third-order valence-electron chi connectivity index (χ3n) is 3.61. The average molecular weight is 242 g/mol. The summed E-state index contributed by atoms with van der Waals surface area (Å²) in [7, 11) is 3.61. The van der Waals surface area contributed by atoms with E-state index in [0.29, 0.717) is 5.91 Å². The van der Waals surface area contributed by atoms with Crippen LogP contribution < -0.4 is 5.32 Å². The number of carbonyl (C=O) groups excluding carboxylic acids is 1. The van der Waals surface area contributed by atoms with Crippen molar-refractivity contribution in [2.75, 3.05) is 40.4 Å². The Kier molecular flexibility index (Phi) is 5.92. The second-order valence-corrected chi connectivity index (χ2v) is 5.03. The summed E-state index contributed by atoms with van der Waals surface area (Å²) in [6.45, 7) is 5.47. The predicted octanol–water partition coefficient (Wildman–Crippen LogP) is 1.26. The van der Waals surface area contributed by atoms with Gasteiger partial charge in [0.2, 0.25) is 5.91 Å². The van der Waals surface area contributed by atoms with Gasteiger partial charge in [-0.05, 0) is 25.8 Å². The molecule has 1 unspecified atom stereocenters. The number of rotatable bonds is 7. The first kappa shape index (κ1) is 14.5. The molecule has 0 aliphatic carbocycles. The standard InChI is InChI=1S/C13H26N2O2/c1-4-6-13(7-8-14-11-13)12(16)15(2)9-5-10-17-3/h14H,4-11H2,1-3H3. The molecule has 0 bridgehead atoms. The summed E-state index contributed by atoms with van der Waals surface area (Å²) in [4.78, 5) is 14.4. The average Bonchev–Trinajstić information content (AvgIpc) is 2.78. The van der Waals surface area contributed by atoms with Gasteiger partial charge in [0.05, 0.1) is 5.41 Å². The lowest BCUT2D eigenvalue weighted by Crippen LogP contribution is -2.44. The van der Waals surface area contributed by atoms with Gasteiger partial charge in [0, 0.05) is 33.9 Å². The molecule has 0 spiro atoms. The quantitative estimate of drug-likeness (QED) is 0.683. The molecule has 0 aromatic carbocycles. The zero-order valence-corrected chi connectivity index (χ0v) is 11.4. The van der Waals surface area contributed by atoms with Gasteiger partial charge in [-0.1, -0.05) is 13.3 Å². The molecule has 0 saturated carbocycles. The SMILES string of the molecule is CCCC1(C(=O)N(C)CCCOC)CCNC1. The second kappa shape index (κ2) is 6.97. The van der Waals surface area contributed by atoms with E-state index in [0.717, 1.165) is 51.9 Å². The van der Waals surface area contributed by atoms with Crippen LogP contribution in [-0.2, 0) is 9.53 Å². The van der Waals surface area contributed by atoms with E-state index in [1.165, 1.54) is 0 Å². The fraction of sp³-hybridized carbons (Fsp3) is 0.923. The first-order valence-corrected chi connectivity index (χ1v) is 6.61. The van der Waals surface area contributed by atoms with Gasteiger partial charge in [0.15, 0.2) is 0 Å². The highest BCUT2D eigenvalue weighted by molar-refractivity contribution is 5.83. The topological polar surface area (TPSA) is 41.6 Å². The number of ether oxygens (including phenoxy) is 1. The highest BCUT2D eigenvalue weighted by Gasteiger charge is 2.41. The lowest BCUT2D eigenvalue weighted by Gasteiger charge is -2.31. The van der Waals surface area contributed by atoms with Crippen molar-refractivity contribution < 1.29 is 9.53 Å². The maximum atomic E-state index is 12.5. The van der Waals surface area contributed by atoms with E-state index >= 15 is 0 Å². The van der Waals surface area contributed by atoms with Crippen LogP contribution >= 0.6 is 0 Å². The summed E-state index contributed by atoms with van der Waals surface area (Å²) in [6, 6.07) is 0. The molecule has 4 nitrogen and oxygen atoms in total. The van der Waals surface area contributed by atoms with E-state index in [-0.39, 0.29) is 5.41 Å². The lowest BCUT2D eigenvalue weighted by molar-refractivity contribution is -0.140. The second-order valence-electron chi connectivity index (χ2n) is 5.03. The molecule has 1 aliphatic rings. The molecule has 1 N–H and O–H groups in total. The third-order valence-corrected chi connectivity index (χ3v) is 3.61. The van der Waals surface area contributed by atoms with Gasteiger partial charge in [-0.15, -0.1) is 0 Å². The van der Waals surface area contributed by atoms with E-state index < -0.39 is 0 Å². The fourth-order valence-corrected chi connectivity index (χ4v) is 2.68. The molecular weight excluding hydrogens is 216 g/mol. The molecule has 4 heteroatoms. The van der Waals surface area contributed by atoms with E-state index in [2.05, 4.69) is 12.2 Å². The van der Waals surface area contributed by atoms with Crippen molar-refractivity contribution in [1.29, 1.82) is 0 Å². The van der Waals surface area contributed by atoms with Crippen molar-refractivity contribution in [3.63, 3.8) is 0 Å². The number of amides is 1. The molecule has 0 radical (unpaired) electrons. The van der Waals surface area contributed by atoms with Gasteiger partial charge in [0.25, 0.3) is 0 Å². The van der Waals surface area contributed by atoms with Gasteiger partial charge < -0.3 is 15.0 Å². The van der Waals surface area contributed by atoms with E-state index in [1.807, 2.05) is 11.9 Å². The van der Waals surface area contributed by atoms with E-state index in [4.69, 9.17) is 4.74 Å². The molecule has 100 valence electrons. The van der Waals surface area contributed by atoms with Crippen LogP contribution in [0.1, 0.15) is 32.6 Å². The van der Waals surface area contributed by atoms with Gasteiger partial charge in [-0.25, -0.2) is 0 Å². The summed E-state index contributed by atoms with van der Waals surface area (Å²) in [6.07, 6.45) is 3.95. The van der Waals surface area contributed by atoms with E-state index in [9.17, 15) is 4.79 Å².